The molecule has 4 nitrogen and oxygen atoms in total. The number of rotatable bonds is 2. The largest absolute Gasteiger partial charge is 0.361 e. The maximum absolute atomic E-state index is 13.9. The average Bonchev–Trinajstić information content (AvgIpc) is 3.29. The van der Waals surface area contributed by atoms with Crippen molar-refractivity contribution < 1.29 is 4.39 Å². The molecule has 0 saturated heterocycles. The lowest BCUT2D eigenvalue weighted by molar-refractivity contribution is 0.621. The van der Waals surface area contributed by atoms with Gasteiger partial charge in [-0.2, -0.15) is 5.10 Å². The van der Waals surface area contributed by atoms with Gasteiger partial charge in [0.2, 0.25) is 0 Å². The minimum atomic E-state index is -0.311. The number of benzene rings is 2. The molecule has 5 rings (SSSR count). The maximum Gasteiger partial charge on any atom is 0.182 e. The molecule has 2 N–H and O–H groups in total. The lowest BCUT2D eigenvalue weighted by Gasteiger charge is -2.03. The second-order valence-corrected chi connectivity index (χ2v) is 6.93. The second-order valence-electron chi connectivity index (χ2n) is 6.07. The highest BCUT2D eigenvalue weighted by molar-refractivity contribution is 9.10. The minimum Gasteiger partial charge on any atom is -0.361 e. The fourth-order valence-electron chi connectivity index (χ4n) is 3.14. The van der Waals surface area contributed by atoms with Gasteiger partial charge in [0.25, 0.3) is 0 Å². The molecule has 0 aliphatic heterocycles. The number of fused-ring (bicyclic) bond motifs is 2. The number of hydrogen-bond acceptors (Lipinski definition) is 2. The molecule has 3 aromatic heterocycles. The van der Waals surface area contributed by atoms with E-state index >= 15 is 0 Å². The van der Waals surface area contributed by atoms with E-state index in [1.54, 1.807) is 6.07 Å². The van der Waals surface area contributed by atoms with E-state index in [0.29, 0.717) is 10.1 Å². The van der Waals surface area contributed by atoms with Crippen LogP contribution >= 0.6 is 15.9 Å². The summed E-state index contributed by atoms with van der Waals surface area (Å²) in [4.78, 5) is 7.88. The van der Waals surface area contributed by atoms with Crippen molar-refractivity contribution in [3.8, 4) is 22.5 Å². The van der Waals surface area contributed by atoms with Crippen LogP contribution in [0.3, 0.4) is 0 Å². The van der Waals surface area contributed by atoms with Gasteiger partial charge < -0.3 is 4.98 Å². The maximum atomic E-state index is 13.9. The molecular weight excluding hydrogens is 395 g/mol. The topological polar surface area (TPSA) is 57.4 Å². The summed E-state index contributed by atoms with van der Waals surface area (Å²) >= 11 is 3.18. The van der Waals surface area contributed by atoms with Gasteiger partial charge >= 0.3 is 0 Å². The van der Waals surface area contributed by atoms with Gasteiger partial charge in [-0.05, 0) is 57.7 Å². The van der Waals surface area contributed by atoms with E-state index in [4.69, 9.17) is 0 Å². The van der Waals surface area contributed by atoms with Crippen LogP contribution in [0, 0.1) is 5.82 Å². The molecule has 0 aliphatic carbocycles. The molecule has 0 atom stereocenters. The van der Waals surface area contributed by atoms with Crippen LogP contribution in [0.4, 0.5) is 4.39 Å². The summed E-state index contributed by atoms with van der Waals surface area (Å²) in [6.45, 7) is 0. The number of halogens is 2. The van der Waals surface area contributed by atoms with E-state index in [9.17, 15) is 4.39 Å². The lowest BCUT2D eigenvalue weighted by atomic mass is 10.1. The van der Waals surface area contributed by atoms with Crippen molar-refractivity contribution >= 4 is 37.9 Å². The van der Waals surface area contributed by atoms with Gasteiger partial charge in [-0.25, -0.2) is 9.37 Å². The first-order chi connectivity index (χ1) is 12.7. The van der Waals surface area contributed by atoms with Crippen LogP contribution in [0.1, 0.15) is 0 Å². The SMILES string of the molecule is Fc1cc(-c2[nH]nc3nc(-c4ccc5cc[nH]c5c4)ccc23)ccc1Br. The number of nitrogens with one attached hydrogen (secondary N) is 2. The van der Waals surface area contributed by atoms with Gasteiger partial charge in [0.15, 0.2) is 5.65 Å². The highest BCUT2D eigenvalue weighted by atomic mass is 79.9. The fraction of sp³-hybridized carbons (Fsp3) is 0. The fourth-order valence-corrected chi connectivity index (χ4v) is 3.38. The zero-order valence-electron chi connectivity index (χ0n) is 13.4. The van der Waals surface area contributed by atoms with E-state index in [0.717, 1.165) is 38.8 Å². The van der Waals surface area contributed by atoms with E-state index in [1.807, 2.05) is 36.5 Å². The van der Waals surface area contributed by atoms with Gasteiger partial charge in [-0.15, -0.1) is 0 Å². The van der Waals surface area contributed by atoms with Crippen molar-refractivity contribution in [2.24, 2.45) is 0 Å². The Kier molecular flexibility index (Phi) is 3.39. The van der Waals surface area contributed by atoms with Crippen molar-refractivity contribution in [1.29, 1.82) is 0 Å². The normalized spacial score (nSPS) is 11.5. The van der Waals surface area contributed by atoms with E-state index in [-0.39, 0.29) is 5.82 Å². The van der Waals surface area contributed by atoms with Crippen LogP contribution in [0.15, 0.2) is 65.3 Å². The third-order valence-corrected chi connectivity index (χ3v) is 5.12. The number of pyridine rings is 1. The van der Waals surface area contributed by atoms with Crippen LogP contribution in [-0.4, -0.2) is 20.2 Å². The van der Waals surface area contributed by atoms with Crippen molar-refractivity contribution in [3.05, 3.63) is 71.1 Å². The summed E-state index contributed by atoms with van der Waals surface area (Å²) in [6.07, 6.45) is 1.92. The third-order valence-electron chi connectivity index (χ3n) is 4.48. The van der Waals surface area contributed by atoms with Gasteiger partial charge in [0, 0.05) is 28.2 Å². The number of H-pyrrole nitrogens is 2. The molecule has 0 aliphatic rings. The number of aromatic amines is 2. The zero-order chi connectivity index (χ0) is 17.7. The molecule has 0 fully saturated rings. The lowest BCUT2D eigenvalue weighted by Crippen LogP contribution is -1.85. The number of nitrogens with zero attached hydrogens (tertiary/aromatic N) is 2. The predicted molar refractivity (Wildman–Crippen MR) is 104 cm³/mol. The Balaban J connectivity index is 1.61. The van der Waals surface area contributed by atoms with Crippen LogP contribution in [-0.2, 0) is 0 Å². The van der Waals surface area contributed by atoms with Crippen molar-refractivity contribution in [2.75, 3.05) is 0 Å². The highest BCUT2D eigenvalue weighted by Crippen LogP contribution is 2.30. The van der Waals surface area contributed by atoms with E-state index < -0.39 is 0 Å². The Morgan fingerprint density at radius 3 is 2.69 bits per heavy atom. The van der Waals surface area contributed by atoms with Crippen molar-refractivity contribution in [3.63, 3.8) is 0 Å². The molecular formula is C20H12BrFN4. The molecule has 0 unspecified atom stereocenters. The first-order valence-corrected chi connectivity index (χ1v) is 8.86. The third kappa shape index (κ3) is 2.42. The molecule has 0 amide bonds. The summed E-state index contributed by atoms with van der Waals surface area (Å²) < 4.78 is 14.3. The molecule has 0 saturated carbocycles. The Hall–Kier alpha value is -2.99. The summed E-state index contributed by atoms with van der Waals surface area (Å²) in [5, 5.41) is 9.31. The minimum absolute atomic E-state index is 0.311. The molecule has 0 radical (unpaired) electrons. The quantitative estimate of drug-likeness (QED) is 0.396. The monoisotopic (exact) mass is 406 g/mol. The smallest absolute Gasteiger partial charge is 0.182 e. The highest BCUT2D eigenvalue weighted by Gasteiger charge is 2.12. The Morgan fingerprint density at radius 1 is 0.923 bits per heavy atom. The molecule has 0 bridgehead atoms. The Morgan fingerprint density at radius 2 is 1.81 bits per heavy atom. The first-order valence-electron chi connectivity index (χ1n) is 8.07. The summed E-state index contributed by atoms with van der Waals surface area (Å²) in [5.41, 5.74) is 5.01. The molecule has 26 heavy (non-hydrogen) atoms. The summed E-state index contributed by atoms with van der Waals surface area (Å²) in [7, 11) is 0. The molecule has 6 heteroatoms. The van der Waals surface area contributed by atoms with Gasteiger partial charge in [-0.1, -0.05) is 18.2 Å². The molecule has 5 aromatic rings. The van der Waals surface area contributed by atoms with Crippen LogP contribution in [0.2, 0.25) is 0 Å². The van der Waals surface area contributed by atoms with Crippen LogP contribution in [0.5, 0.6) is 0 Å². The molecule has 2 aromatic carbocycles. The van der Waals surface area contributed by atoms with E-state index in [2.05, 4.69) is 48.2 Å². The number of hydrogen-bond donors (Lipinski definition) is 2. The Bertz CT molecular complexity index is 1270. The van der Waals surface area contributed by atoms with E-state index in [1.165, 1.54) is 6.07 Å². The second kappa shape index (κ2) is 5.78. The van der Waals surface area contributed by atoms with Crippen molar-refractivity contribution in [1.82, 2.24) is 20.2 Å². The molecule has 0 spiro atoms. The first kappa shape index (κ1) is 15.3. The van der Waals surface area contributed by atoms with Crippen molar-refractivity contribution in [2.45, 2.75) is 0 Å². The summed E-state index contributed by atoms with van der Waals surface area (Å²) in [6, 6.07) is 17.1. The zero-order valence-corrected chi connectivity index (χ0v) is 15.0. The van der Waals surface area contributed by atoms with Crippen LogP contribution < -0.4 is 0 Å². The number of aromatic nitrogens is 4. The Labute approximate surface area is 156 Å². The van der Waals surface area contributed by atoms with Gasteiger partial charge in [-0.3, -0.25) is 5.10 Å². The standard InChI is InChI=1S/C20H12BrFN4/c21-15-5-3-13(9-16(15)22)19-14-4-6-17(24-20(14)26-25-19)12-2-1-11-7-8-23-18(11)10-12/h1-10,23H,(H,24,25,26). The average molecular weight is 407 g/mol. The predicted octanol–water partition coefficient (Wildman–Crippen LogP) is 5.67. The van der Waals surface area contributed by atoms with Gasteiger partial charge in [0.05, 0.1) is 15.9 Å². The van der Waals surface area contributed by atoms with Crippen LogP contribution in [0.25, 0.3) is 44.5 Å². The molecule has 126 valence electrons. The summed E-state index contributed by atoms with van der Waals surface area (Å²) in [5.74, 6) is -0.311. The molecule has 3 heterocycles. The van der Waals surface area contributed by atoms with Gasteiger partial charge in [0.1, 0.15) is 5.82 Å².